The van der Waals surface area contributed by atoms with Crippen LogP contribution < -0.4 is 5.32 Å². The zero-order chi connectivity index (χ0) is 25.0. The number of ether oxygens (including phenoxy) is 2. The molecule has 3 heterocycles. The van der Waals surface area contributed by atoms with Crippen molar-refractivity contribution in [1.29, 1.82) is 0 Å². The topological polar surface area (TPSA) is 105 Å². The predicted molar refractivity (Wildman–Crippen MR) is 126 cm³/mol. The minimum atomic E-state index is -1.21. The monoisotopic (exact) mass is 492 g/mol. The first-order valence-electron chi connectivity index (χ1n) is 11.9. The van der Waals surface area contributed by atoms with Gasteiger partial charge in [0, 0.05) is 0 Å². The molecule has 3 aliphatic heterocycles. The Balaban J connectivity index is 1.83. The number of para-hydroxylation sites is 1. The highest BCUT2D eigenvalue weighted by Crippen LogP contribution is 2.65. The number of fused-ring (bicyclic) bond motifs is 1. The Labute approximate surface area is 204 Å². The standard InChI is InChI=1S/C25H33ClN2O6/c1-6-33-23(32)19-18-22(31)28(17(12-29)13(2)3)20(25(18)11-14(4)24(19,5)34-25)21(30)27-16-10-8-7-9-15(16)26/h7-10,13-14,17-20,29H,6,11-12H2,1-5H3,(H,27,30)/t14?,17-,18-,19-,20?,24+,25?/m0/s1. The average Bonchev–Trinajstić information content (AvgIpc) is 3.28. The number of aliphatic hydroxyl groups is 1. The van der Waals surface area contributed by atoms with Gasteiger partial charge in [-0.2, -0.15) is 0 Å². The number of nitrogens with zero attached hydrogens (tertiary/aromatic N) is 1. The van der Waals surface area contributed by atoms with E-state index in [1.165, 1.54) is 4.90 Å². The Hall–Kier alpha value is -2.16. The lowest BCUT2D eigenvalue weighted by atomic mass is 9.62. The van der Waals surface area contributed by atoms with Crippen LogP contribution in [0.4, 0.5) is 5.69 Å². The van der Waals surface area contributed by atoms with Crippen LogP contribution in [-0.4, -0.2) is 64.3 Å². The van der Waals surface area contributed by atoms with E-state index in [4.69, 9.17) is 21.1 Å². The molecule has 8 nitrogen and oxygen atoms in total. The van der Waals surface area contributed by atoms with E-state index in [9.17, 15) is 19.5 Å². The lowest BCUT2D eigenvalue weighted by Crippen LogP contribution is -2.57. The van der Waals surface area contributed by atoms with E-state index < -0.39 is 47.0 Å². The highest BCUT2D eigenvalue weighted by Gasteiger charge is 2.80. The summed E-state index contributed by atoms with van der Waals surface area (Å²) in [5.74, 6) is -3.24. The van der Waals surface area contributed by atoms with Crippen molar-refractivity contribution in [3.05, 3.63) is 29.3 Å². The molecule has 3 aliphatic rings. The van der Waals surface area contributed by atoms with E-state index in [2.05, 4.69) is 5.32 Å². The maximum Gasteiger partial charge on any atom is 0.312 e. The number of rotatable bonds is 7. The second-order valence-corrected chi connectivity index (χ2v) is 10.6. The fourth-order valence-electron chi connectivity index (χ4n) is 6.31. The molecule has 2 amide bonds. The van der Waals surface area contributed by atoms with Crippen LogP contribution in [0.2, 0.25) is 5.02 Å². The number of anilines is 1. The number of esters is 1. The predicted octanol–water partition coefficient (Wildman–Crippen LogP) is 2.87. The summed E-state index contributed by atoms with van der Waals surface area (Å²) in [6.45, 7) is 9.15. The Morgan fingerprint density at radius 2 is 2.03 bits per heavy atom. The van der Waals surface area contributed by atoms with E-state index in [-0.39, 0.29) is 31.0 Å². The van der Waals surface area contributed by atoms with Crippen molar-refractivity contribution >= 4 is 35.1 Å². The Morgan fingerprint density at radius 1 is 1.35 bits per heavy atom. The zero-order valence-electron chi connectivity index (χ0n) is 20.2. The summed E-state index contributed by atoms with van der Waals surface area (Å²) in [5, 5.41) is 13.5. The van der Waals surface area contributed by atoms with Gasteiger partial charge in [-0.25, -0.2) is 0 Å². The molecule has 0 aliphatic carbocycles. The number of likely N-dealkylation sites (tertiary alicyclic amines) is 1. The molecular formula is C25H33ClN2O6. The zero-order valence-corrected chi connectivity index (χ0v) is 21.0. The Morgan fingerprint density at radius 3 is 2.62 bits per heavy atom. The largest absolute Gasteiger partial charge is 0.466 e. The van der Waals surface area contributed by atoms with Crippen molar-refractivity contribution in [3.63, 3.8) is 0 Å². The third kappa shape index (κ3) is 3.45. The third-order valence-corrected chi connectivity index (χ3v) is 8.32. The normalized spacial score (nSPS) is 34.9. The summed E-state index contributed by atoms with van der Waals surface area (Å²) in [4.78, 5) is 42.4. The Bertz CT molecular complexity index is 1000. The van der Waals surface area contributed by atoms with Gasteiger partial charge in [-0.1, -0.05) is 44.5 Å². The van der Waals surface area contributed by atoms with Crippen LogP contribution in [-0.2, 0) is 23.9 Å². The van der Waals surface area contributed by atoms with Crippen LogP contribution in [0.25, 0.3) is 0 Å². The van der Waals surface area contributed by atoms with Gasteiger partial charge in [0.1, 0.15) is 17.6 Å². The number of aliphatic hydroxyl groups excluding tert-OH is 1. The summed E-state index contributed by atoms with van der Waals surface area (Å²) in [5.41, 5.74) is -1.73. The van der Waals surface area contributed by atoms with Gasteiger partial charge in [0.15, 0.2) is 0 Å². The van der Waals surface area contributed by atoms with Crippen LogP contribution in [0, 0.1) is 23.7 Å². The summed E-state index contributed by atoms with van der Waals surface area (Å²) in [6.07, 6.45) is 0.434. The van der Waals surface area contributed by atoms with Gasteiger partial charge < -0.3 is 24.8 Å². The highest BCUT2D eigenvalue weighted by atomic mass is 35.5. The van der Waals surface area contributed by atoms with E-state index >= 15 is 0 Å². The van der Waals surface area contributed by atoms with Gasteiger partial charge in [-0.05, 0) is 44.2 Å². The summed E-state index contributed by atoms with van der Waals surface area (Å²) in [6, 6.07) is 5.20. The first-order chi connectivity index (χ1) is 16.0. The van der Waals surface area contributed by atoms with E-state index in [0.717, 1.165) is 0 Å². The van der Waals surface area contributed by atoms with Crippen molar-refractivity contribution in [2.24, 2.45) is 23.7 Å². The van der Waals surface area contributed by atoms with Crippen LogP contribution in [0.3, 0.4) is 0 Å². The highest BCUT2D eigenvalue weighted by molar-refractivity contribution is 6.33. The molecule has 2 bridgehead atoms. The molecule has 2 N–H and O–H groups in total. The molecule has 186 valence electrons. The fraction of sp³-hybridized carbons (Fsp3) is 0.640. The fourth-order valence-corrected chi connectivity index (χ4v) is 6.49. The van der Waals surface area contributed by atoms with Crippen molar-refractivity contribution in [2.75, 3.05) is 18.5 Å². The number of carbonyl (C=O) groups excluding carboxylic acids is 3. The summed E-state index contributed by atoms with van der Waals surface area (Å²) < 4.78 is 12.0. The average molecular weight is 493 g/mol. The number of carbonyl (C=O) groups is 3. The summed E-state index contributed by atoms with van der Waals surface area (Å²) in [7, 11) is 0. The second kappa shape index (κ2) is 8.81. The van der Waals surface area contributed by atoms with Crippen molar-refractivity contribution in [2.45, 2.75) is 64.3 Å². The van der Waals surface area contributed by atoms with E-state index in [0.29, 0.717) is 17.1 Å². The molecular weight excluding hydrogens is 460 g/mol. The number of hydrogen-bond acceptors (Lipinski definition) is 6. The number of nitrogens with one attached hydrogen (secondary N) is 1. The number of amides is 2. The van der Waals surface area contributed by atoms with Gasteiger partial charge in [0.2, 0.25) is 11.8 Å². The number of hydrogen-bond donors (Lipinski definition) is 2. The van der Waals surface area contributed by atoms with Gasteiger partial charge in [-0.15, -0.1) is 0 Å². The second-order valence-electron chi connectivity index (χ2n) is 10.2. The number of halogens is 1. The van der Waals surface area contributed by atoms with Crippen LogP contribution >= 0.6 is 11.6 Å². The maximum atomic E-state index is 14.0. The lowest BCUT2D eigenvalue weighted by molar-refractivity contribution is -0.162. The van der Waals surface area contributed by atoms with Gasteiger partial charge in [0.25, 0.3) is 0 Å². The van der Waals surface area contributed by atoms with Gasteiger partial charge in [-0.3, -0.25) is 14.4 Å². The summed E-state index contributed by atoms with van der Waals surface area (Å²) >= 11 is 6.29. The molecule has 1 aromatic rings. The third-order valence-electron chi connectivity index (χ3n) is 7.99. The molecule has 34 heavy (non-hydrogen) atoms. The molecule has 3 fully saturated rings. The van der Waals surface area contributed by atoms with Crippen molar-refractivity contribution in [3.8, 4) is 0 Å². The van der Waals surface area contributed by atoms with Gasteiger partial charge >= 0.3 is 5.97 Å². The van der Waals surface area contributed by atoms with Crippen LogP contribution in [0.5, 0.6) is 0 Å². The van der Waals surface area contributed by atoms with Gasteiger partial charge in [0.05, 0.1) is 41.5 Å². The van der Waals surface area contributed by atoms with Crippen molar-refractivity contribution < 1.29 is 29.0 Å². The molecule has 0 aromatic heterocycles. The SMILES string of the molecule is CCOC(=O)[C@@H]1[C@H]2C(=O)N([C@@H](CO)C(C)C)C(C(=O)Nc3ccccc3Cl)C23CC(C)[C@@]1(C)O3. The molecule has 9 heteroatoms. The smallest absolute Gasteiger partial charge is 0.312 e. The first kappa shape index (κ1) is 24.9. The van der Waals surface area contributed by atoms with Crippen molar-refractivity contribution in [1.82, 2.24) is 4.90 Å². The molecule has 4 rings (SSSR count). The molecule has 3 unspecified atom stereocenters. The molecule has 0 saturated carbocycles. The van der Waals surface area contributed by atoms with E-state index in [1.807, 2.05) is 27.7 Å². The molecule has 3 saturated heterocycles. The molecule has 7 atom stereocenters. The minimum Gasteiger partial charge on any atom is -0.466 e. The van der Waals surface area contributed by atoms with E-state index in [1.54, 1.807) is 31.2 Å². The molecule has 0 radical (unpaired) electrons. The minimum absolute atomic E-state index is 0.0897. The quantitative estimate of drug-likeness (QED) is 0.567. The molecule has 1 aromatic carbocycles. The lowest BCUT2D eigenvalue weighted by Gasteiger charge is -2.38. The first-order valence-corrected chi connectivity index (χ1v) is 12.3. The Kier molecular flexibility index (Phi) is 6.46. The van der Waals surface area contributed by atoms with Crippen LogP contribution in [0.1, 0.15) is 41.0 Å². The molecule has 1 spiro atoms. The van der Waals surface area contributed by atoms with Crippen LogP contribution in [0.15, 0.2) is 24.3 Å². The maximum absolute atomic E-state index is 14.0. The number of benzene rings is 1.